The van der Waals surface area contributed by atoms with Crippen LogP contribution in [0.4, 0.5) is 16.2 Å². The van der Waals surface area contributed by atoms with Crippen molar-refractivity contribution in [2.75, 3.05) is 23.8 Å². The Bertz CT molecular complexity index is 1420. The van der Waals surface area contributed by atoms with Gasteiger partial charge in [-0.2, -0.15) is 0 Å². The van der Waals surface area contributed by atoms with Crippen molar-refractivity contribution >= 4 is 33.2 Å². The second-order valence-corrected chi connectivity index (χ2v) is 12.4. The van der Waals surface area contributed by atoms with Gasteiger partial charge in [-0.25, -0.2) is 13.2 Å². The lowest BCUT2D eigenvalue weighted by atomic mass is 10.00. The van der Waals surface area contributed by atoms with Crippen molar-refractivity contribution in [2.24, 2.45) is 5.92 Å². The van der Waals surface area contributed by atoms with E-state index in [0.29, 0.717) is 11.4 Å². The Labute approximate surface area is 240 Å². The van der Waals surface area contributed by atoms with E-state index in [1.54, 1.807) is 44.2 Å². The number of rotatable bonds is 12. The van der Waals surface area contributed by atoms with E-state index >= 15 is 0 Å². The molecular weight excluding hydrogens is 544 g/mol. The van der Waals surface area contributed by atoms with Gasteiger partial charge in [0.05, 0.1) is 17.0 Å². The molecule has 5 N–H and O–H groups in total. The van der Waals surface area contributed by atoms with Gasteiger partial charge in [-0.1, -0.05) is 62.4 Å². The van der Waals surface area contributed by atoms with Crippen LogP contribution in [-0.4, -0.2) is 62.2 Å². The maximum atomic E-state index is 13.5. The highest BCUT2D eigenvalue weighted by molar-refractivity contribution is 7.92. The molecule has 1 aliphatic heterocycles. The van der Waals surface area contributed by atoms with E-state index in [9.17, 15) is 23.1 Å². The molecule has 11 heteroatoms. The number of aliphatic hydroxyl groups is 1. The van der Waals surface area contributed by atoms with E-state index in [1.165, 1.54) is 29.2 Å². The standard InChI is InChI=1S/C30H36N4O6S/c1-20(2)29(41(38,39)24-15-13-22(31)14-16-24)32-18-27(35)25(17-21-9-5-3-6-10-21)33-28(36)26-19-40-30(37)34(26)23-11-7-4-8-12-23/h3-16,20,25-27,29,32,35H,17-19,31H2,1-2H3,(H,33,36)/t25-,26?,27+,29?/m0/s1. The minimum Gasteiger partial charge on any atom is -0.446 e. The largest absolute Gasteiger partial charge is 0.446 e. The first-order chi connectivity index (χ1) is 19.6. The number of hydrogen-bond acceptors (Lipinski definition) is 8. The number of nitrogens with one attached hydrogen (secondary N) is 2. The molecule has 0 spiro atoms. The van der Waals surface area contributed by atoms with E-state index in [0.717, 1.165) is 5.56 Å². The highest BCUT2D eigenvalue weighted by Gasteiger charge is 2.40. The summed E-state index contributed by atoms with van der Waals surface area (Å²) in [4.78, 5) is 27.4. The number of carbonyl (C=O) groups excluding carboxylic acids is 2. The van der Waals surface area contributed by atoms with Gasteiger partial charge in [0.1, 0.15) is 12.0 Å². The number of para-hydroxylation sites is 1. The maximum absolute atomic E-state index is 13.5. The fraction of sp³-hybridized carbons (Fsp3) is 0.333. The molecule has 218 valence electrons. The summed E-state index contributed by atoms with van der Waals surface area (Å²) in [6.45, 7) is 3.30. The van der Waals surface area contributed by atoms with Gasteiger partial charge >= 0.3 is 6.09 Å². The number of cyclic esters (lactones) is 1. The summed E-state index contributed by atoms with van der Waals surface area (Å²) in [6.07, 6.45) is -1.52. The molecule has 0 bridgehead atoms. The molecule has 2 unspecified atom stereocenters. The Morgan fingerprint density at radius 2 is 1.63 bits per heavy atom. The van der Waals surface area contributed by atoms with Crippen LogP contribution in [-0.2, 0) is 25.8 Å². The zero-order valence-electron chi connectivity index (χ0n) is 23.0. The van der Waals surface area contributed by atoms with Crippen LogP contribution in [0.3, 0.4) is 0 Å². The van der Waals surface area contributed by atoms with Crippen molar-refractivity contribution in [3.8, 4) is 0 Å². The third-order valence-electron chi connectivity index (χ3n) is 6.98. The summed E-state index contributed by atoms with van der Waals surface area (Å²) < 4.78 is 32.0. The van der Waals surface area contributed by atoms with Gasteiger partial charge in [-0.05, 0) is 54.3 Å². The zero-order chi connectivity index (χ0) is 29.6. The molecule has 2 amide bonds. The highest BCUT2D eigenvalue weighted by atomic mass is 32.2. The predicted molar refractivity (Wildman–Crippen MR) is 157 cm³/mol. The molecule has 3 aromatic carbocycles. The molecule has 4 rings (SSSR count). The lowest BCUT2D eigenvalue weighted by Crippen LogP contribution is -2.55. The number of carbonyl (C=O) groups is 2. The smallest absolute Gasteiger partial charge is 0.415 e. The van der Waals surface area contributed by atoms with Crippen LogP contribution in [0.25, 0.3) is 0 Å². The Kier molecular flexibility index (Phi) is 9.64. The Hall–Kier alpha value is -3.93. The van der Waals surface area contributed by atoms with Gasteiger partial charge in [0, 0.05) is 17.9 Å². The molecule has 0 aliphatic carbocycles. The Morgan fingerprint density at radius 3 is 2.24 bits per heavy atom. The summed E-state index contributed by atoms with van der Waals surface area (Å²) >= 11 is 0. The molecule has 1 saturated heterocycles. The van der Waals surface area contributed by atoms with Gasteiger partial charge in [0.25, 0.3) is 0 Å². The van der Waals surface area contributed by atoms with E-state index in [4.69, 9.17) is 10.5 Å². The summed E-state index contributed by atoms with van der Waals surface area (Å²) in [7, 11) is -3.80. The van der Waals surface area contributed by atoms with Gasteiger partial charge in [-0.15, -0.1) is 0 Å². The van der Waals surface area contributed by atoms with Crippen LogP contribution >= 0.6 is 0 Å². The number of aliphatic hydroxyl groups excluding tert-OH is 1. The quantitative estimate of drug-likeness (QED) is 0.239. The minimum absolute atomic E-state index is 0.114. The van der Waals surface area contributed by atoms with Crippen molar-refractivity contribution < 1.29 is 27.9 Å². The summed E-state index contributed by atoms with van der Waals surface area (Å²) in [5.41, 5.74) is 7.56. The van der Waals surface area contributed by atoms with E-state index < -0.39 is 45.4 Å². The molecule has 1 aliphatic rings. The van der Waals surface area contributed by atoms with Gasteiger partial charge in [0.15, 0.2) is 15.9 Å². The third-order valence-corrected chi connectivity index (χ3v) is 9.29. The number of sulfone groups is 1. The molecule has 4 atom stereocenters. The lowest BCUT2D eigenvalue weighted by Gasteiger charge is -2.30. The monoisotopic (exact) mass is 580 g/mol. The Morgan fingerprint density at radius 1 is 1.02 bits per heavy atom. The second kappa shape index (κ2) is 13.2. The van der Waals surface area contributed by atoms with E-state index in [1.807, 2.05) is 30.3 Å². The number of benzene rings is 3. The van der Waals surface area contributed by atoms with Crippen molar-refractivity contribution in [1.29, 1.82) is 0 Å². The van der Waals surface area contributed by atoms with Crippen molar-refractivity contribution in [3.05, 3.63) is 90.5 Å². The molecule has 41 heavy (non-hydrogen) atoms. The summed E-state index contributed by atoms with van der Waals surface area (Å²) in [5, 5.41) is 16.2. The van der Waals surface area contributed by atoms with Gasteiger partial charge < -0.3 is 20.9 Å². The lowest BCUT2D eigenvalue weighted by molar-refractivity contribution is -0.123. The topological polar surface area (TPSA) is 151 Å². The molecule has 0 aromatic heterocycles. The molecule has 10 nitrogen and oxygen atoms in total. The second-order valence-electron chi connectivity index (χ2n) is 10.4. The van der Waals surface area contributed by atoms with Crippen LogP contribution in [0.5, 0.6) is 0 Å². The number of amides is 2. The first kappa shape index (κ1) is 30.0. The molecule has 3 aromatic rings. The molecule has 1 heterocycles. The predicted octanol–water partition coefficient (Wildman–Crippen LogP) is 2.73. The van der Waals surface area contributed by atoms with Crippen molar-refractivity contribution in [2.45, 2.75) is 48.7 Å². The van der Waals surface area contributed by atoms with Crippen LogP contribution in [0.2, 0.25) is 0 Å². The third kappa shape index (κ3) is 7.24. The average molecular weight is 581 g/mol. The normalized spacial score (nSPS) is 17.6. The highest BCUT2D eigenvalue weighted by Crippen LogP contribution is 2.24. The fourth-order valence-corrected chi connectivity index (χ4v) is 6.65. The summed E-state index contributed by atoms with van der Waals surface area (Å²) in [5.74, 6) is -0.817. The van der Waals surface area contributed by atoms with Crippen molar-refractivity contribution in [3.63, 3.8) is 0 Å². The number of anilines is 2. The van der Waals surface area contributed by atoms with E-state index in [-0.39, 0.29) is 30.4 Å². The number of ether oxygens (including phenoxy) is 1. The SMILES string of the molecule is CC(C)C(NC[C@@H](O)[C@H](Cc1ccccc1)NC(=O)C1COC(=O)N1c1ccccc1)S(=O)(=O)c1ccc(N)cc1. The molecule has 1 fully saturated rings. The number of nitrogen functional groups attached to an aromatic ring is 1. The van der Waals surface area contributed by atoms with Crippen LogP contribution in [0.15, 0.2) is 89.8 Å². The molecule has 0 saturated carbocycles. The van der Waals surface area contributed by atoms with Crippen LogP contribution in [0.1, 0.15) is 19.4 Å². The van der Waals surface area contributed by atoms with Crippen LogP contribution in [0, 0.1) is 5.92 Å². The number of hydrogen-bond donors (Lipinski definition) is 4. The van der Waals surface area contributed by atoms with Gasteiger partial charge in [-0.3, -0.25) is 15.0 Å². The number of nitrogens with zero attached hydrogens (tertiary/aromatic N) is 1. The van der Waals surface area contributed by atoms with E-state index in [2.05, 4.69) is 10.6 Å². The molecule has 0 radical (unpaired) electrons. The number of nitrogens with two attached hydrogens (primary N) is 1. The molecular formula is C30H36N4O6S. The van der Waals surface area contributed by atoms with Crippen LogP contribution < -0.4 is 21.3 Å². The zero-order valence-corrected chi connectivity index (χ0v) is 23.8. The first-order valence-electron chi connectivity index (χ1n) is 13.4. The minimum atomic E-state index is -3.80. The first-order valence-corrected chi connectivity index (χ1v) is 15.0. The maximum Gasteiger partial charge on any atom is 0.415 e. The summed E-state index contributed by atoms with van der Waals surface area (Å²) in [6, 6.07) is 22.3. The van der Waals surface area contributed by atoms with Gasteiger partial charge in [0.2, 0.25) is 5.91 Å². The average Bonchev–Trinajstić information content (AvgIpc) is 3.35. The van der Waals surface area contributed by atoms with Crippen molar-refractivity contribution in [1.82, 2.24) is 10.6 Å². The Balaban J connectivity index is 1.52. The fourth-order valence-electron chi connectivity index (χ4n) is 4.81.